The van der Waals surface area contributed by atoms with Crippen LogP contribution in [0.15, 0.2) is 18.3 Å². The number of aromatic nitrogens is 1. The maximum atomic E-state index is 12.6. The maximum absolute atomic E-state index is 12.6. The van der Waals surface area contributed by atoms with Crippen molar-refractivity contribution in [1.82, 2.24) is 4.98 Å². The van der Waals surface area contributed by atoms with Crippen LogP contribution < -0.4 is 4.90 Å². The summed E-state index contributed by atoms with van der Waals surface area (Å²) in [6.45, 7) is 1.90. The van der Waals surface area contributed by atoms with Gasteiger partial charge in [0.25, 0.3) is 0 Å². The van der Waals surface area contributed by atoms with Gasteiger partial charge in [0.05, 0.1) is 12.0 Å². The summed E-state index contributed by atoms with van der Waals surface area (Å²) in [7, 11) is 0. The van der Waals surface area contributed by atoms with E-state index in [2.05, 4.69) is 4.98 Å². The van der Waals surface area contributed by atoms with E-state index in [-0.39, 0.29) is 13.0 Å². The molecule has 1 N–H and O–H groups in total. The minimum atomic E-state index is -4.14. The van der Waals surface area contributed by atoms with E-state index in [1.807, 2.05) is 0 Å². The number of rotatable bonds is 2. The molecule has 0 bridgehead atoms. The standard InChI is InChI=1S/C12H15F3N2O/c1-8(18)9-2-4-16-11(6-9)17-5-3-10(7-17)12(13,14)15/h2,4,6,8,10,18H,3,5,7H2,1H3/t8-,10?/m0/s1. The molecule has 1 fully saturated rings. The third-order valence-corrected chi connectivity index (χ3v) is 3.23. The Morgan fingerprint density at radius 1 is 1.50 bits per heavy atom. The molecular formula is C12H15F3N2O. The van der Waals surface area contributed by atoms with E-state index < -0.39 is 18.2 Å². The first-order chi connectivity index (χ1) is 8.38. The van der Waals surface area contributed by atoms with Crippen LogP contribution in [-0.2, 0) is 0 Å². The zero-order valence-electron chi connectivity index (χ0n) is 9.98. The molecule has 2 heterocycles. The molecule has 18 heavy (non-hydrogen) atoms. The molecule has 0 aliphatic carbocycles. The Balaban J connectivity index is 2.12. The average Bonchev–Trinajstić information content (AvgIpc) is 2.78. The van der Waals surface area contributed by atoms with E-state index in [4.69, 9.17) is 0 Å². The van der Waals surface area contributed by atoms with Crippen LogP contribution in [0.25, 0.3) is 0 Å². The fraction of sp³-hybridized carbons (Fsp3) is 0.583. The van der Waals surface area contributed by atoms with Crippen molar-refractivity contribution in [3.63, 3.8) is 0 Å². The van der Waals surface area contributed by atoms with E-state index in [1.165, 1.54) is 6.20 Å². The topological polar surface area (TPSA) is 36.4 Å². The molecule has 1 unspecified atom stereocenters. The predicted molar refractivity (Wildman–Crippen MR) is 61.2 cm³/mol. The molecule has 6 heteroatoms. The molecule has 1 aromatic rings. The van der Waals surface area contributed by atoms with Crippen LogP contribution in [-0.4, -0.2) is 29.4 Å². The molecule has 0 aromatic carbocycles. The van der Waals surface area contributed by atoms with Gasteiger partial charge in [-0.1, -0.05) is 0 Å². The number of anilines is 1. The second kappa shape index (κ2) is 4.76. The highest BCUT2D eigenvalue weighted by Crippen LogP contribution is 2.35. The normalized spacial score (nSPS) is 22.3. The van der Waals surface area contributed by atoms with Crippen LogP contribution in [0.2, 0.25) is 0 Å². The van der Waals surface area contributed by atoms with E-state index >= 15 is 0 Å². The van der Waals surface area contributed by atoms with Crippen molar-refractivity contribution in [2.45, 2.75) is 25.6 Å². The number of aliphatic hydroxyl groups excluding tert-OH is 1. The Kier molecular flexibility index (Phi) is 3.47. The summed E-state index contributed by atoms with van der Waals surface area (Å²) in [5.41, 5.74) is 0.662. The molecule has 1 aromatic heterocycles. The molecular weight excluding hydrogens is 245 g/mol. The summed E-state index contributed by atoms with van der Waals surface area (Å²) in [6.07, 6.45) is -3.17. The molecule has 2 rings (SSSR count). The lowest BCUT2D eigenvalue weighted by atomic mass is 10.1. The van der Waals surface area contributed by atoms with Gasteiger partial charge in [0.15, 0.2) is 0 Å². The highest BCUT2D eigenvalue weighted by atomic mass is 19.4. The molecule has 1 saturated heterocycles. The Hall–Kier alpha value is -1.30. The summed E-state index contributed by atoms with van der Waals surface area (Å²) in [4.78, 5) is 5.68. The number of halogens is 3. The Morgan fingerprint density at radius 2 is 2.22 bits per heavy atom. The first-order valence-electron chi connectivity index (χ1n) is 5.83. The molecule has 0 amide bonds. The zero-order valence-corrected chi connectivity index (χ0v) is 9.98. The van der Waals surface area contributed by atoms with Crippen molar-refractivity contribution < 1.29 is 18.3 Å². The van der Waals surface area contributed by atoms with Crippen LogP contribution in [0.3, 0.4) is 0 Å². The Labute approximate surface area is 103 Å². The molecule has 0 radical (unpaired) electrons. The van der Waals surface area contributed by atoms with Crippen LogP contribution in [0.1, 0.15) is 25.0 Å². The van der Waals surface area contributed by atoms with E-state index in [9.17, 15) is 18.3 Å². The fourth-order valence-corrected chi connectivity index (χ4v) is 2.10. The zero-order chi connectivity index (χ0) is 13.3. The van der Waals surface area contributed by atoms with Gasteiger partial charge in [0.2, 0.25) is 0 Å². The van der Waals surface area contributed by atoms with Gasteiger partial charge in [0, 0.05) is 19.3 Å². The summed E-state index contributed by atoms with van der Waals surface area (Å²) >= 11 is 0. The molecule has 1 aliphatic heterocycles. The van der Waals surface area contributed by atoms with E-state index in [0.29, 0.717) is 17.9 Å². The van der Waals surface area contributed by atoms with Gasteiger partial charge >= 0.3 is 6.18 Å². The van der Waals surface area contributed by atoms with Gasteiger partial charge in [0.1, 0.15) is 5.82 Å². The van der Waals surface area contributed by atoms with Gasteiger partial charge in [-0.05, 0) is 31.0 Å². The van der Waals surface area contributed by atoms with Gasteiger partial charge in [-0.15, -0.1) is 0 Å². The maximum Gasteiger partial charge on any atom is 0.393 e. The third-order valence-electron chi connectivity index (χ3n) is 3.23. The second-order valence-corrected chi connectivity index (χ2v) is 4.60. The lowest BCUT2D eigenvalue weighted by Crippen LogP contribution is -2.27. The van der Waals surface area contributed by atoms with E-state index in [1.54, 1.807) is 24.0 Å². The van der Waals surface area contributed by atoms with Crippen LogP contribution in [0.4, 0.5) is 19.0 Å². The molecule has 1 aliphatic rings. The van der Waals surface area contributed by atoms with Crippen molar-refractivity contribution >= 4 is 5.82 Å². The lowest BCUT2D eigenvalue weighted by molar-refractivity contribution is -0.168. The number of hydrogen-bond donors (Lipinski definition) is 1. The van der Waals surface area contributed by atoms with E-state index in [0.717, 1.165) is 0 Å². The summed E-state index contributed by atoms with van der Waals surface area (Å²) in [6, 6.07) is 3.30. The summed E-state index contributed by atoms with van der Waals surface area (Å²) in [5.74, 6) is -0.783. The van der Waals surface area contributed by atoms with Crippen molar-refractivity contribution in [3.8, 4) is 0 Å². The number of aliphatic hydroxyl groups is 1. The Morgan fingerprint density at radius 3 is 2.78 bits per heavy atom. The third kappa shape index (κ3) is 2.75. The van der Waals surface area contributed by atoms with Crippen molar-refractivity contribution in [1.29, 1.82) is 0 Å². The van der Waals surface area contributed by atoms with Crippen LogP contribution in [0, 0.1) is 5.92 Å². The number of nitrogens with zero attached hydrogens (tertiary/aromatic N) is 2. The smallest absolute Gasteiger partial charge is 0.389 e. The Bertz CT molecular complexity index is 420. The lowest BCUT2D eigenvalue weighted by Gasteiger charge is -2.19. The molecule has 0 saturated carbocycles. The molecule has 100 valence electrons. The number of alkyl halides is 3. The van der Waals surface area contributed by atoms with Crippen molar-refractivity contribution in [2.24, 2.45) is 5.92 Å². The van der Waals surface area contributed by atoms with Crippen molar-refractivity contribution in [2.75, 3.05) is 18.0 Å². The van der Waals surface area contributed by atoms with Gasteiger partial charge in [-0.3, -0.25) is 0 Å². The predicted octanol–water partition coefficient (Wildman–Crippen LogP) is 2.52. The minimum Gasteiger partial charge on any atom is -0.389 e. The first kappa shape index (κ1) is 13.1. The monoisotopic (exact) mass is 260 g/mol. The summed E-state index contributed by atoms with van der Waals surface area (Å²) in [5, 5.41) is 9.45. The van der Waals surface area contributed by atoms with Crippen LogP contribution >= 0.6 is 0 Å². The second-order valence-electron chi connectivity index (χ2n) is 4.60. The summed E-state index contributed by atoms with van der Waals surface area (Å²) < 4.78 is 37.7. The first-order valence-corrected chi connectivity index (χ1v) is 5.83. The SMILES string of the molecule is C[C@H](O)c1ccnc(N2CCC(C(F)(F)F)C2)c1. The van der Waals surface area contributed by atoms with Gasteiger partial charge in [-0.25, -0.2) is 4.98 Å². The quantitative estimate of drug-likeness (QED) is 0.887. The van der Waals surface area contributed by atoms with Gasteiger partial charge in [-0.2, -0.15) is 13.2 Å². The molecule has 3 nitrogen and oxygen atoms in total. The highest BCUT2D eigenvalue weighted by Gasteiger charge is 2.43. The fourth-order valence-electron chi connectivity index (χ4n) is 2.10. The number of pyridine rings is 1. The molecule has 0 spiro atoms. The minimum absolute atomic E-state index is 0.0558. The molecule has 2 atom stereocenters. The highest BCUT2D eigenvalue weighted by molar-refractivity contribution is 5.42. The largest absolute Gasteiger partial charge is 0.393 e. The average molecular weight is 260 g/mol. The number of hydrogen-bond acceptors (Lipinski definition) is 3. The van der Waals surface area contributed by atoms with Crippen LogP contribution in [0.5, 0.6) is 0 Å². The van der Waals surface area contributed by atoms with Crippen molar-refractivity contribution in [3.05, 3.63) is 23.9 Å². The van der Waals surface area contributed by atoms with Gasteiger partial charge < -0.3 is 10.0 Å².